The monoisotopic (exact) mass is 953 g/mol. The first-order chi connectivity index (χ1) is 30.6. The number of ether oxygens (including phenoxy) is 2. The van der Waals surface area contributed by atoms with E-state index in [1.165, 1.54) is 70.6 Å². The van der Waals surface area contributed by atoms with Crippen molar-refractivity contribution in [2.24, 2.45) is 5.92 Å². The van der Waals surface area contributed by atoms with Gasteiger partial charge in [0.25, 0.3) is 0 Å². The summed E-state index contributed by atoms with van der Waals surface area (Å²) in [6, 6.07) is 0. The molecule has 0 aromatic heterocycles. The molecule has 0 rings (SSSR count). The van der Waals surface area contributed by atoms with Crippen LogP contribution in [-0.4, -0.2) is 92.8 Å². The molecule has 6 atom stereocenters. The Bertz CT molecular complexity index is 1370. The van der Waals surface area contributed by atoms with Gasteiger partial charge in [0.1, 0.15) is 12.7 Å². The van der Waals surface area contributed by atoms with Crippen LogP contribution >= 0.6 is 15.6 Å². The maximum atomic E-state index is 12.7. The van der Waals surface area contributed by atoms with Gasteiger partial charge in [-0.1, -0.05) is 166 Å². The van der Waals surface area contributed by atoms with Gasteiger partial charge in [-0.25, -0.2) is 9.13 Å². The Morgan fingerprint density at radius 2 is 1.00 bits per heavy atom. The summed E-state index contributed by atoms with van der Waals surface area (Å²) >= 11 is 0. The zero-order chi connectivity index (χ0) is 47.7. The van der Waals surface area contributed by atoms with Gasteiger partial charge in [0, 0.05) is 12.8 Å². The van der Waals surface area contributed by atoms with Crippen molar-refractivity contribution in [3.63, 3.8) is 0 Å². The summed E-state index contributed by atoms with van der Waals surface area (Å²) in [4.78, 5) is 52.9. The number of hydrogen-bond acceptors (Lipinski definition) is 12. The van der Waals surface area contributed by atoms with Crippen molar-refractivity contribution in [3.8, 4) is 0 Å². The van der Waals surface area contributed by atoms with Gasteiger partial charge < -0.3 is 39.5 Å². The van der Waals surface area contributed by atoms with Crippen LogP contribution in [0.2, 0.25) is 0 Å². The molecule has 0 aliphatic heterocycles. The van der Waals surface area contributed by atoms with Gasteiger partial charge in [-0.2, -0.15) is 0 Å². The van der Waals surface area contributed by atoms with E-state index in [0.717, 1.165) is 50.9 Å². The minimum absolute atomic E-state index is 0.0717. The molecule has 15 nitrogen and oxygen atoms in total. The van der Waals surface area contributed by atoms with E-state index in [2.05, 4.69) is 60.2 Å². The molecule has 0 bridgehead atoms. The molecular weight excluding hydrogens is 866 g/mol. The molecule has 0 spiro atoms. The van der Waals surface area contributed by atoms with E-state index in [-0.39, 0.29) is 32.1 Å². The van der Waals surface area contributed by atoms with Crippen molar-refractivity contribution < 1.29 is 71.8 Å². The fourth-order valence-corrected chi connectivity index (χ4v) is 7.51. The summed E-state index contributed by atoms with van der Waals surface area (Å²) in [6.45, 7) is 3.69. The maximum absolute atomic E-state index is 12.7. The van der Waals surface area contributed by atoms with Crippen molar-refractivity contribution in [2.75, 3.05) is 26.4 Å². The normalized spacial score (nSPS) is 15.8. The Hall–Kier alpha value is -2.00. The van der Waals surface area contributed by atoms with Gasteiger partial charge in [-0.3, -0.25) is 23.2 Å². The van der Waals surface area contributed by atoms with E-state index in [1.54, 1.807) is 6.08 Å². The number of allylic oxidation sites excluding steroid dienone is 7. The molecule has 0 saturated carbocycles. The molecule has 17 heteroatoms. The number of carbonyl (C=O) groups is 2. The number of esters is 2. The van der Waals surface area contributed by atoms with Gasteiger partial charge in [0.05, 0.1) is 32.0 Å². The predicted octanol–water partition coefficient (Wildman–Crippen LogP) is 10.4. The highest BCUT2D eigenvalue weighted by Crippen LogP contribution is 2.44. The van der Waals surface area contributed by atoms with Crippen LogP contribution in [0, 0.1) is 5.92 Å². The molecule has 2 unspecified atom stereocenters. The number of phosphoric acid groups is 2. The number of aliphatic hydroxyl groups excluding tert-OH is 3. The molecule has 0 aromatic carbocycles. The van der Waals surface area contributed by atoms with Gasteiger partial charge in [-0.15, -0.1) is 0 Å². The maximum Gasteiger partial charge on any atom is 0.472 e. The van der Waals surface area contributed by atoms with Gasteiger partial charge >= 0.3 is 27.6 Å². The average Bonchev–Trinajstić information content (AvgIpc) is 3.25. The second-order valence-corrected chi connectivity index (χ2v) is 19.3. The number of rotatable bonds is 44. The lowest BCUT2D eigenvalue weighted by Gasteiger charge is -2.20. The van der Waals surface area contributed by atoms with Crippen LogP contribution in [0.3, 0.4) is 0 Å². The van der Waals surface area contributed by atoms with Crippen molar-refractivity contribution in [1.82, 2.24) is 0 Å². The second kappa shape index (κ2) is 41.2. The number of aliphatic hydroxyl groups is 3. The minimum atomic E-state index is -4.90. The molecule has 0 heterocycles. The van der Waals surface area contributed by atoms with E-state index in [0.29, 0.717) is 12.8 Å². The summed E-state index contributed by atoms with van der Waals surface area (Å²) < 4.78 is 47.7. The van der Waals surface area contributed by atoms with E-state index in [4.69, 9.17) is 23.8 Å². The van der Waals surface area contributed by atoms with Gasteiger partial charge in [0.2, 0.25) is 0 Å². The summed E-state index contributed by atoms with van der Waals surface area (Å²) in [5.41, 5.74) is 0. The first-order valence-corrected chi connectivity index (χ1v) is 26.9. The highest BCUT2D eigenvalue weighted by Gasteiger charge is 2.28. The summed E-state index contributed by atoms with van der Waals surface area (Å²) in [5.74, 6) is -0.469. The topological polar surface area (TPSA) is 236 Å². The summed E-state index contributed by atoms with van der Waals surface area (Å²) in [7, 11) is -9.78. The van der Waals surface area contributed by atoms with Crippen molar-refractivity contribution in [2.45, 2.75) is 206 Å². The Morgan fingerprint density at radius 3 is 1.53 bits per heavy atom. The van der Waals surface area contributed by atoms with E-state index >= 15 is 0 Å². The Balaban J connectivity index is 4.67. The SMILES string of the molecule is CC/C=C\C/C=C\C/C=C\C/C=C\C[C@H](O)[C@@H](O)CCCC(=O)OC[C@H](COP(=O)(O)OC[C@@H](O)COP(=O)(O)O)OC(=O)CCCCCCCCCCCCCCCCC(C)CC. The van der Waals surface area contributed by atoms with Crippen molar-refractivity contribution >= 4 is 27.6 Å². The van der Waals surface area contributed by atoms with Crippen molar-refractivity contribution in [1.29, 1.82) is 0 Å². The van der Waals surface area contributed by atoms with Crippen molar-refractivity contribution in [3.05, 3.63) is 48.6 Å². The first kappa shape index (κ1) is 62.0. The Labute approximate surface area is 385 Å². The summed E-state index contributed by atoms with van der Waals surface area (Å²) in [6.07, 6.45) is 34.1. The molecular formula is C47H86O15P2. The lowest BCUT2D eigenvalue weighted by molar-refractivity contribution is -0.161. The number of unbranched alkanes of at least 4 members (excludes halogenated alkanes) is 13. The molecule has 374 valence electrons. The molecule has 0 saturated heterocycles. The fraction of sp³-hybridized carbons (Fsp3) is 0.787. The van der Waals surface area contributed by atoms with Crippen LogP contribution < -0.4 is 0 Å². The highest BCUT2D eigenvalue weighted by atomic mass is 31.2. The molecule has 0 aliphatic carbocycles. The molecule has 0 fully saturated rings. The zero-order valence-corrected chi connectivity index (χ0v) is 41.1. The van der Waals surface area contributed by atoms with E-state index in [9.17, 15) is 38.9 Å². The summed E-state index contributed by atoms with van der Waals surface area (Å²) in [5, 5.41) is 30.5. The van der Waals surface area contributed by atoms with Gasteiger partial charge in [0.15, 0.2) is 6.10 Å². The quantitative estimate of drug-likeness (QED) is 0.0144. The average molecular weight is 953 g/mol. The van der Waals surface area contributed by atoms with Crippen LogP contribution in [0.1, 0.15) is 181 Å². The largest absolute Gasteiger partial charge is 0.472 e. The molecule has 0 aromatic rings. The zero-order valence-electron chi connectivity index (χ0n) is 39.3. The third-order valence-electron chi connectivity index (χ3n) is 10.5. The van der Waals surface area contributed by atoms with E-state index in [1.807, 2.05) is 12.2 Å². The molecule has 0 amide bonds. The lowest BCUT2D eigenvalue weighted by Crippen LogP contribution is -2.30. The minimum Gasteiger partial charge on any atom is -0.462 e. The molecule has 0 radical (unpaired) electrons. The van der Waals surface area contributed by atoms with Crippen LogP contribution in [0.4, 0.5) is 0 Å². The third kappa shape index (κ3) is 42.6. The van der Waals surface area contributed by atoms with Crippen LogP contribution in [0.15, 0.2) is 48.6 Å². The number of hydrogen-bond donors (Lipinski definition) is 6. The standard InChI is InChI=1S/C47H86O15P2/c1-4-6-7-8-9-10-11-17-20-23-26-29-33-44(49)45(50)34-31-36-46(51)58-39-43(40-61-64(56,57)60-38-42(48)37-59-63(53,54)55)62-47(52)35-30-27-24-21-18-15-13-12-14-16-19-22-25-28-32-41(3)5-2/h6-7,9-10,17,20,26,29,41-45,48-50H,4-5,8,11-16,18-19,21-25,27-28,30-40H2,1-3H3,(H,56,57)(H2,53,54,55)/b7-6-,10-9-,20-17-,29-26-/t41?,42-,43+,44-,45-/m0/s1. The predicted molar refractivity (Wildman–Crippen MR) is 251 cm³/mol. The van der Waals surface area contributed by atoms with Gasteiger partial charge in [-0.05, 0) is 57.3 Å². The molecule has 6 N–H and O–H groups in total. The fourth-order valence-electron chi connectivity index (χ4n) is 6.35. The molecule has 64 heavy (non-hydrogen) atoms. The second-order valence-electron chi connectivity index (χ2n) is 16.6. The Kier molecular flexibility index (Phi) is 39.9. The molecule has 0 aliphatic rings. The number of carbonyl (C=O) groups excluding carboxylic acids is 2. The Morgan fingerprint density at radius 1 is 0.531 bits per heavy atom. The number of phosphoric ester groups is 2. The third-order valence-corrected chi connectivity index (χ3v) is 11.9. The van der Waals surface area contributed by atoms with Crippen LogP contribution in [0.25, 0.3) is 0 Å². The van der Waals surface area contributed by atoms with E-state index < -0.39 is 78.4 Å². The first-order valence-electron chi connectivity index (χ1n) is 23.9. The lowest BCUT2D eigenvalue weighted by atomic mass is 9.99. The van der Waals surface area contributed by atoms with Crippen LogP contribution in [-0.2, 0) is 41.8 Å². The highest BCUT2D eigenvalue weighted by molar-refractivity contribution is 7.47. The van der Waals surface area contributed by atoms with Crippen LogP contribution in [0.5, 0.6) is 0 Å². The smallest absolute Gasteiger partial charge is 0.462 e.